The quantitative estimate of drug-likeness (QED) is 0.660. The molecular weight excluding hydrogens is 444 g/mol. The number of benzene rings is 1. The van der Waals surface area contributed by atoms with Crippen LogP contribution in [0.15, 0.2) is 30.3 Å². The number of hydrogen-bond donors (Lipinski definition) is 1. The van der Waals surface area contributed by atoms with Crippen molar-refractivity contribution >= 4 is 29.0 Å². The van der Waals surface area contributed by atoms with Gasteiger partial charge in [-0.25, -0.2) is 9.37 Å². The van der Waals surface area contributed by atoms with E-state index in [0.29, 0.717) is 0 Å². The molecule has 1 fully saturated rings. The lowest BCUT2D eigenvalue weighted by molar-refractivity contribution is -0.137. The molecule has 1 aliphatic heterocycles. The summed E-state index contributed by atoms with van der Waals surface area (Å²) in [6.45, 7) is 1.24. The summed E-state index contributed by atoms with van der Waals surface area (Å²) in [6.07, 6.45) is -4.60. The molecule has 1 N–H and O–H groups in total. The van der Waals surface area contributed by atoms with Gasteiger partial charge in [-0.3, -0.25) is 14.5 Å². The van der Waals surface area contributed by atoms with E-state index in [1.807, 2.05) is 0 Å². The van der Waals surface area contributed by atoms with Gasteiger partial charge in [0.05, 0.1) is 23.5 Å². The van der Waals surface area contributed by atoms with Crippen LogP contribution >= 0.6 is 0 Å². The normalized spacial score (nSPS) is 16.3. The van der Waals surface area contributed by atoms with Crippen molar-refractivity contribution in [1.82, 2.24) is 4.98 Å². The summed E-state index contributed by atoms with van der Waals surface area (Å²) in [5.41, 5.74) is -0.644. The Bertz CT molecular complexity index is 1060. The SMILES string of the molecule is Cc1cc(C(F)(F)F)cc(N2C(=O)CCC2C(=O)N(C)c2cccc(F)c2N(C)CCO)n1. The smallest absolute Gasteiger partial charge is 0.395 e. The molecule has 3 rings (SSSR count). The second kappa shape index (κ2) is 9.34. The number of halogens is 4. The third-order valence-corrected chi connectivity index (χ3v) is 5.49. The maximum atomic E-state index is 14.6. The van der Waals surface area contributed by atoms with E-state index in [9.17, 15) is 32.3 Å². The second-order valence-electron chi connectivity index (χ2n) is 7.82. The number of carbonyl (C=O) groups is 2. The standard InChI is InChI=1S/C22H24F4N4O3/c1-13-11-14(22(24,25)26)12-18(27-13)30-17(7-8-19(30)32)21(33)29(3)16-6-4-5-15(23)20(16)28(2)9-10-31/h4-6,11-12,17,31H,7-10H2,1-3H3. The first-order valence-electron chi connectivity index (χ1n) is 10.2. The summed E-state index contributed by atoms with van der Waals surface area (Å²) in [5, 5.41) is 9.22. The molecule has 7 nitrogen and oxygen atoms in total. The molecule has 0 spiro atoms. The van der Waals surface area contributed by atoms with Gasteiger partial charge in [0.2, 0.25) is 11.8 Å². The van der Waals surface area contributed by atoms with Gasteiger partial charge in [0, 0.05) is 32.8 Å². The van der Waals surface area contributed by atoms with Crippen molar-refractivity contribution in [2.45, 2.75) is 32.0 Å². The van der Waals surface area contributed by atoms with Crippen molar-refractivity contribution in [3.63, 3.8) is 0 Å². The third-order valence-electron chi connectivity index (χ3n) is 5.49. The lowest BCUT2D eigenvalue weighted by Gasteiger charge is -2.31. The molecule has 2 aromatic rings. The zero-order chi connectivity index (χ0) is 24.5. The van der Waals surface area contributed by atoms with Crippen molar-refractivity contribution in [1.29, 1.82) is 0 Å². The molecule has 1 unspecified atom stereocenters. The van der Waals surface area contributed by atoms with Crippen LogP contribution in [0.4, 0.5) is 34.8 Å². The molecule has 1 aliphatic rings. The van der Waals surface area contributed by atoms with E-state index in [1.165, 1.54) is 42.0 Å². The minimum absolute atomic E-state index is 0.0400. The summed E-state index contributed by atoms with van der Waals surface area (Å²) >= 11 is 0. The van der Waals surface area contributed by atoms with E-state index in [4.69, 9.17) is 0 Å². The molecule has 1 atom stereocenters. The number of likely N-dealkylation sites (N-methyl/N-ethyl adjacent to an activating group) is 2. The highest BCUT2D eigenvalue weighted by Gasteiger charge is 2.41. The zero-order valence-electron chi connectivity index (χ0n) is 18.4. The first-order chi connectivity index (χ1) is 15.5. The maximum Gasteiger partial charge on any atom is 0.416 e. The number of aliphatic hydroxyl groups is 1. The number of carbonyl (C=O) groups excluding carboxylic acids is 2. The Morgan fingerprint density at radius 2 is 1.97 bits per heavy atom. The Labute approximate surface area is 188 Å². The Balaban J connectivity index is 1.99. The first-order valence-corrected chi connectivity index (χ1v) is 10.2. The van der Waals surface area contributed by atoms with Gasteiger partial charge in [-0.1, -0.05) is 6.07 Å². The van der Waals surface area contributed by atoms with E-state index >= 15 is 0 Å². The summed E-state index contributed by atoms with van der Waals surface area (Å²) in [5.74, 6) is -1.99. The lowest BCUT2D eigenvalue weighted by atomic mass is 10.1. The molecule has 0 saturated carbocycles. The van der Waals surface area contributed by atoms with Gasteiger partial charge in [0.15, 0.2) is 0 Å². The van der Waals surface area contributed by atoms with Crippen LogP contribution in [-0.4, -0.2) is 55.2 Å². The van der Waals surface area contributed by atoms with Crippen molar-refractivity contribution < 1.29 is 32.3 Å². The predicted octanol–water partition coefficient (Wildman–Crippen LogP) is 3.13. The van der Waals surface area contributed by atoms with E-state index < -0.39 is 35.4 Å². The summed E-state index contributed by atoms with van der Waals surface area (Å²) in [7, 11) is 2.95. The minimum Gasteiger partial charge on any atom is -0.395 e. The molecule has 11 heteroatoms. The van der Waals surface area contributed by atoms with Gasteiger partial charge in [-0.2, -0.15) is 13.2 Å². The zero-order valence-corrected chi connectivity index (χ0v) is 18.4. The van der Waals surface area contributed by atoms with Crippen LogP contribution in [0.5, 0.6) is 0 Å². The van der Waals surface area contributed by atoms with Crippen LogP contribution in [0.3, 0.4) is 0 Å². The molecule has 0 radical (unpaired) electrons. The highest BCUT2D eigenvalue weighted by atomic mass is 19.4. The van der Waals surface area contributed by atoms with Crippen molar-refractivity contribution in [3.05, 3.63) is 47.4 Å². The van der Waals surface area contributed by atoms with Crippen LogP contribution in [-0.2, 0) is 15.8 Å². The topological polar surface area (TPSA) is 77.0 Å². The van der Waals surface area contributed by atoms with Gasteiger partial charge >= 0.3 is 6.18 Å². The van der Waals surface area contributed by atoms with Crippen molar-refractivity contribution in [3.8, 4) is 0 Å². The molecule has 2 amide bonds. The predicted molar refractivity (Wildman–Crippen MR) is 115 cm³/mol. The number of aromatic nitrogens is 1. The summed E-state index contributed by atoms with van der Waals surface area (Å²) in [4.78, 5) is 33.6. The van der Waals surface area contributed by atoms with Gasteiger partial charge in [-0.15, -0.1) is 0 Å². The average Bonchev–Trinajstić information content (AvgIpc) is 3.12. The van der Waals surface area contributed by atoms with Gasteiger partial charge in [0.25, 0.3) is 0 Å². The second-order valence-corrected chi connectivity index (χ2v) is 7.82. The Hall–Kier alpha value is -3.21. The van der Waals surface area contributed by atoms with E-state index in [0.717, 1.165) is 17.0 Å². The van der Waals surface area contributed by atoms with Crippen LogP contribution in [0.2, 0.25) is 0 Å². The fourth-order valence-corrected chi connectivity index (χ4v) is 3.90. The van der Waals surface area contributed by atoms with E-state index in [2.05, 4.69) is 4.98 Å². The monoisotopic (exact) mass is 468 g/mol. The highest BCUT2D eigenvalue weighted by molar-refractivity contribution is 6.09. The van der Waals surface area contributed by atoms with E-state index in [1.54, 1.807) is 7.05 Å². The maximum absolute atomic E-state index is 14.6. The van der Waals surface area contributed by atoms with Crippen LogP contribution in [0, 0.1) is 12.7 Å². The number of para-hydroxylation sites is 1. The van der Waals surface area contributed by atoms with Crippen molar-refractivity contribution in [2.75, 3.05) is 41.9 Å². The number of aryl methyl sites for hydroxylation is 1. The first kappa shape index (κ1) is 24.4. The van der Waals surface area contributed by atoms with Gasteiger partial charge in [0.1, 0.15) is 17.7 Å². The van der Waals surface area contributed by atoms with Crippen LogP contribution in [0.25, 0.3) is 0 Å². The summed E-state index contributed by atoms with van der Waals surface area (Å²) in [6, 6.07) is 4.66. The molecule has 2 heterocycles. The van der Waals surface area contributed by atoms with Gasteiger partial charge < -0.3 is 14.9 Å². The molecule has 33 heavy (non-hydrogen) atoms. The molecule has 1 aromatic heterocycles. The Morgan fingerprint density at radius 1 is 1.27 bits per heavy atom. The summed E-state index contributed by atoms with van der Waals surface area (Å²) < 4.78 is 54.5. The number of hydrogen-bond acceptors (Lipinski definition) is 5. The van der Waals surface area contributed by atoms with Crippen molar-refractivity contribution in [2.24, 2.45) is 0 Å². The number of amides is 2. The van der Waals surface area contributed by atoms with E-state index in [-0.39, 0.29) is 48.9 Å². The molecule has 178 valence electrons. The Morgan fingerprint density at radius 3 is 2.61 bits per heavy atom. The molecule has 1 saturated heterocycles. The molecule has 0 bridgehead atoms. The lowest BCUT2D eigenvalue weighted by Crippen LogP contribution is -2.46. The number of anilines is 3. The Kier molecular flexibility index (Phi) is 6.92. The van der Waals surface area contributed by atoms with Crippen LogP contribution < -0.4 is 14.7 Å². The largest absolute Gasteiger partial charge is 0.416 e. The van der Waals surface area contributed by atoms with Gasteiger partial charge in [-0.05, 0) is 37.6 Å². The fourth-order valence-electron chi connectivity index (χ4n) is 3.90. The highest BCUT2D eigenvalue weighted by Crippen LogP contribution is 2.36. The molecule has 0 aliphatic carbocycles. The number of alkyl halides is 3. The fraction of sp³-hybridized carbons (Fsp3) is 0.409. The minimum atomic E-state index is -4.64. The third kappa shape index (κ3) is 4.92. The molecule has 1 aromatic carbocycles. The molecular formula is C22H24F4N4O3. The number of nitrogens with zero attached hydrogens (tertiary/aromatic N) is 4. The number of aliphatic hydroxyl groups excluding tert-OH is 1. The van der Waals surface area contributed by atoms with Crippen LogP contribution in [0.1, 0.15) is 24.1 Å². The number of rotatable bonds is 6. The number of pyridine rings is 1. The average molecular weight is 468 g/mol.